The van der Waals surface area contributed by atoms with E-state index in [-0.39, 0.29) is 0 Å². The number of rotatable bonds is 26. The van der Waals surface area contributed by atoms with Gasteiger partial charge >= 0.3 is 0 Å². The van der Waals surface area contributed by atoms with Gasteiger partial charge in [0, 0.05) is 19.6 Å². The van der Waals surface area contributed by atoms with Crippen LogP contribution in [-0.4, -0.2) is 26.4 Å². The first-order valence-corrected chi connectivity index (χ1v) is 13.7. The van der Waals surface area contributed by atoms with E-state index in [0.717, 1.165) is 32.8 Å². The van der Waals surface area contributed by atoms with Gasteiger partial charge in [-0.1, -0.05) is 109 Å². The summed E-state index contributed by atoms with van der Waals surface area (Å²) < 4.78 is 11.3. The predicted molar refractivity (Wildman–Crippen MR) is 139 cm³/mol. The van der Waals surface area contributed by atoms with Gasteiger partial charge in [0.05, 0.1) is 13.2 Å². The van der Waals surface area contributed by atoms with Crippen LogP contribution < -0.4 is 0 Å². The lowest BCUT2D eigenvalue weighted by Gasteiger charge is -2.06. The van der Waals surface area contributed by atoms with Crippen LogP contribution >= 0.6 is 0 Å². The molecule has 0 aliphatic heterocycles. The fraction of sp³-hybridized carbons (Fsp3) is 0.828. The smallest absolute Gasteiger partial charge is 0.0520 e. The van der Waals surface area contributed by atoms with Crippen LogP contribution in [0.4, 0.5) is 0 Å². The van der Waals surface area contributed by atoms with Crippen molar-refractivity contribution in [2.24, 2.45) is 0 Å². The van der Waals surface area contributed by atoms with E-state index >= 15 is 0 Å². The molecule has 183 valence electrons. The van der Waals surface area contributed by atoms with Crippen LogP contribution in [0.25, 0.3) is 0 Å². The number of allylic oxidation sites excluding steroid dienone is 4. The molecule has 0 bridgehead atoms. The maximum atomic E-state index is 5.67. The Morgan fingerprint density at radius 3 is 1.42 bits per heavy atom. The Labute approximate surface area is 196 Å². The standard InChI is InChI=1S/C29H55O2/c1-3-5-7-9-11-12-13-14-15-16-17-18-19-20-22-24-27-31-29-25-28-30-26-23-21-10-8-6-4-2/h11-12,14-15,25H,3-10,13,16-24,26-29H2,1-2H3/b12-11-,15-14-. The summed E-state index contributed by atoms with van der Waals surface area (Å²) in [6.07, 6.45) is 34.9. The summed E-state index contributed by atoms with van der Waals surface area (Å²) in [6.45, 7) is 7.78. The van der Waals surface area contributed by atoms with Gasteiger partial charge in [-0.25, -0.2) is 0 Å². The molecule has 0 atom stereocenters. The van der Waals surface area contributed by atoms with E-state index < -0.39 is 0 Å². The van der Waals surface area contributed by atoms with E-state index in [9.17, 15) is 0 Å². The van der Waals surface area contributed by atoms with Crippen LogP contribution in [0.1, 0.15) is 129 Å². The lowest BCUT2D eigenvalue weighted by Crippen LogP contribution is -2.04. The Balaban J connectivity index is 3.08. The maximum Gasteiger partial charge on any atom is 0.0520 e. The van der Waals surface area contributed by atoms with Crippen molar-refractivity contribution in [1.82, 2.24) is 0 Å². The third-order valence-electron chi connectivity index (χ3n) is 5.60. The minimum atomic E-state index is 0.733. The third-order valence-corrected chi connectivity index (χ3v) is 5.60. The Morgan fingerprint density at radius 2 is 0.871 bits per heavy atom. The summed E-state index contributed by atoms with van der Waals surface area (Å²) >= 11 is 0. The SMILES string of the molecule is CCCCC/C=C\C/C=C\CCCCCCCCOC[CH]COCCCCCCCC. The molecule has 0 unspecified atom stereocenters. The third kappa shape index (κ3) is 29.4. The van der Waals surface area contributed by atoms with Crippen molar-refractivity contribution in [3.63, 3.8) is 0 Å². The summed E-state index contributed by atoms with van der Waals surface area (Å²) in [5.74, 6) is 0. The summed E-state index contributed by atoms with van der Waals surface area (Å²) in [6, 6.07) is 0. The highest BCUT2D eigenvalue weighted by atomic mass is 16.5. The Bertz CT molecular complexity index is 362. The van der Waals surface area contributed by atoms with Gasteiger partial charge in [-0.2, -0.15) is 0 Å². The number of hydrogen-bond acceptors (Lipinski definition) is 2. The van der Waals surface area contributed by atoms with E-state index in [1.807, 2.05) is 0 Å². The van der Waals surface area contributed by atoms with Gasteiger partial charge in [-0.3, -0.25) is 0 Å². The predicted octanol–water partition coefficient (Wildman–Crippen LogP) is 9.40. The van der Waals surface area contributed by atoms with Crippen molar-refractivity contribution in [1.29, 1.82) is 0 Å². The maximum absolute atomic E-state index is 5.67. The van der Waals surface area contributed by atoms with Gasteiger partial charge < -0.3 is 9.47 Å². The molecule has 0 fully saturated rings. The number of unbranched alkanes of at least 4 members (excludes halogenated alkanes) is 14. The van der Waals surface area contributed by atoms with Crippen molar-refractivity contribution in [3.05, 3.63) is 30.7 Å². The van der Waals surface area contributed by atoms with Crippen LogP contribution in [0.3, 0.4) is 0 Å². The van der Waals surface area contributed by atoms with Crippen LogP contribution in [0.5, 0.6) is 0 Å². The molecular formula is C29H55O2. The zero-order valence-corrected chi connectivity index (χ0v) is 21.3. The first-order chi connectivity index (χ1) is 15.4. The van der Waals surface area contributed by atoms with Crippen LogP contribution in [0.2, 0.25) is 0 Å². The minimum Gasteiger partial charge on any atom is -0.381 e. The second-order valence-corrected chi connectivity index (χ2v) is 8.79. The Hall–Kier alpha value is -0.600. The monoisotopic (exact) mass is 435 g/mol. The molecule has 1 radical (unpaired) electrons. The summed E-state index contributed by atoms with van der Waals surface area (Å²) in [4.78, 5) is 0. The largest absolute Gasteiger partial charge is 0.381 e. The van der Waals surface area contributed by atoms with Crippen LogP contribution in [0, 0.1) is 6.42 Å². The molecule has 0 aliphatic rings. The lowest BCUT2D eigenvalue weighted by atomic mass is 10.1. The van der Waals surface area contributed by atoms with E-state index in [1.165, 1.54) is 109 Å². The summed E-state index contributed by atoms with van der Waals surface area (Å²) in [5.41, 5.74) is 0. The fourth-order valence-corrected chi connectivity index (χ4v) is 3.56. The number of ether oxygens (including phenoxy) is 2. The quantitative estimate of drug-likeness (QED) is 0.0994. The van der Waals surface area contributed by atoms with Gasteiger partial charge in [-0.05, 0) is 44.9 Å². The average Bonchev–Trinajstić information content (AvgIpc) is 2.78. The second-order valence-electron chi connectivity index (χ2n) is 8.79. The molecule has 0 N–H and O–H groups in total. The van der Waals surface area contributed by atoms with Gasteiger partial charge in [0.1, 0.15) is 0 Å². The average molecular weight is 436 g/mol. The zero-order valence-electron chi connectivity index (χ0n) is 21.3. The first kappa shape index (κ1) is 30.4. The molecule has 2 nitrogen and oxygen atoms in total. The normalized spacial score (nSPS) is 11.9. The van der Waals surface area contributed by atoms with E-state index in [1.54, 1.807) is 0 Å². The molecule has 31 heavy (non-hydrogen) atoms. The molecule has 0 saturated heterocycles. The highest BCUT2D eigenvalue weighted by molar-refractivity contribution is 4.92. The van der Waals surface area contributed by atoms with Gasteiger partial charge in [-0.15, -0.1) is 0 Å². The van der Waals surface area contributed by atoms with Crippen molar-refractivity contribution < 1.29 is 9.47 Å². The van der Waals surface area contributed by atoms with Gasteiger partial charge in [0.15, 0.2) is 0 Å². The molecule has 2 heteroatoms. The molecule has 0 heterocycles. The zero-order chi connectivity index (χ0) is 22.5. The van der Waals surface area contributed by atoms with Crippen molar-refractivity contribution >= 4 is 0 Å². The first-order valence-electron chi connectivity index (χ1n) is 13.7. The summed E-state index contributed by atoms with van der Waals surface area (Å²) in [5, 5.41) is 0. The molecule has 0 rings (SSSR count). The Morgan fingerprint density at radius 1 is 0.452 bits per heavy atom. The molecule has 0 aromatic rings. The van der Waals surface area contributed by atoms with Gasteiger partial charge in [0.25, 0.3) is 0 Å². The van der Waals surface area contributed by atoms with Gasteiger partial charge in [0.2, 0.25) is 0 Å². The summed E-state index contributed by atoms with van der Waals surface area (Å²) in [7, 11) is 0. The van der Waals surface area contributed by atoms with Crippen molar-refractivity contribution in [2.45, 2.75) is 129 Å². The van der Waals surface area contributed by atoms with E-state index in [2.05, 4.69) is 44.6 Å². The lowest BCUT2D eigenvalue weighted by molar-refractivity contribution is 0.111. The van der Waals surface area contributed by atoms with E-state index in [0.29, 0.717) is 0 Å². The van der Waals surface area contributed by atoms with Crippen LogP contribution in [0.15, 0.2) is 24.3 Å². The molecule has 0 aromatic heterocycles. The molecular weight excluding hydrogens is 380 g/mol. The minimum absolute atomic E-state index is 0.733. The second kappa shape index (κ2) is 29.4. The Kier molecular flexibility index (Phi) is 28.8. The van der Waals surface area contributed by atoms with Crippen LogP contribution in [-0.2, 0) is 9.47 Å². The van der Waals surface area contributed by atoms with E-state index in [4.69, 9.17) is 9.47 Å². The number of hydrogen-bond donors (Lipinski definition) is 0. The topological polar surface area (TPSA) is 18.5 Å². The molecule has 0 aromatic carbocycles. The fourth-order valence-electron chi connectivity index (χ4n) is 3.56. The van der Waals surface area contributed by atoms with Crippen molar-refractivity contribution in [3.8, 4) is 0 Å². The van der Waals surface area contributed by atoms with Crippen molar-refractivity contribution in [2.75, 3.05) is 26.4 Å². The molecule has 0 amide bonds. The highest BCUT2D eigenvalue weighted by Crippen LogP contribution is 2.08. The molecule has 0 aliphatic carbocycles. The molecule has 0 saturated carbocycles. The molecule has 0 spiro atoms. The highest BCUT2D eigenvalue weighted by Gasteiger charge is 1.94.